The van der Waals surface area contributed by atoms with Gasteiger partial charge in [0, 0.05) is 26.2 Å². The average Bonchev–Trinajstić information content (AvgIpc) is 2.39. The van der Waals surface area contributed by atoms with Gasteiger partial charge in [-0.2, -0.15) is 13.2 Å². The predicted octanol–water partition coefficient (Wildman–Crippen LogP) is 3.18. The average molecular weight is 331 g/mol. The van der Waals surface area contributed by atoms with Gasteiger partial charge >= 0.3 is 6.18 Å². The molecule has 1 aromatic rings. The SMILES string of the molecule is Cl.FC[C@H](c1cc(F)ccc1C(F)(F)F)N1CCNCC1. The quantitative estimate of drug-likeness (QED) is 0.856. The van der Waals surface area contributed by atoms with Gasteiger partial charge in [-0.3, -0.25) is 4.90 Å². The molecule has 0 aliphatic carbocycles. The summed E-state index contributed by atoms with van der Waals surface area (Å²) in [6.45, 7) is 1.04. The molecule has 0 bridgehead atoms. The standard InChI is InChI=1S/C13H15F5N2.ClH/c14-8-12(20-5-3-19-4-6-20)10-7-9(15)1-2-11(10)13(16,17)18;/h1-2,7,12,19H,3-6,8H2;1H/t12-;/m1./s1. The highest BCUT2D eigenvalue weighted by atomic mass is 35.5. The summed E-state index contributed by atoms with van der Waals surface area (Å²) in [4.78, 5) is 1.61. The minimum Gasteiger partial charge on any atom is -0.314 e. The minimum absolute atomic E-state index is 0. The molecule has 0 saturated carbocycles. The van der Waals surface area contributed by atoms with E-state index in [4.69, 9.17) is 0 Å². The van der Waals surface area contributed by atoms with Crippen LogP contribution in [0.15, 0.2) is 18.2 Å². The summed E-state index contributed by atoms with van der Waals surface area (Å²) in [5, 5.41) is 3.04. The third-order valence-corrected chi connectivity index (χ3v) is 3.42. The van der Waals surface area contributed by atoms with Gasteiger partial charge < -0.3 is 5.32 Å². The van der Waals surface area contributed by atoms with Crippen molar-refractivity contribution in [1.29, 1.82) is 0 Å². The molecule has 0 amide bonds. The van der Waals surface area contributed by atoms with E-state index in [9.17, 15) is 22.0 Å². The number of halogens is 6. The molecule has 8 heteroatoms. The van der Waals surface area contributed by atoms with Crippen molar-refractivity contribution >= 4 is 12.4 Å². The Kier molecular flexibility index (Phi) is 6.37. The first kappa shape index (κ1) is 18.1. The molecule has 0 spiro atoms. The van der Waals surface area contributed by atoms with E-state index >= 15 is 0 Å². The van der Waals surface area contributed by atoms with Gasteiger partial charge in [0.2, 0.25) is 0 Å². The molecule has 1 atom stereocenters. The van der Waals surface area contributed by atoms with E-state index in [0.29, 0.717) is 32.2 Å². The Bertz CT molecular complexity index is 460. The van der Waals surface area contributed by atoms with Crippen LogP contribution in [0, 0.1) is 5.82 Å². The Morgan fingerprint density at radius 1 is 1.19 bits per heavy atom. The fourth-order valence-corrected chi connectivity index (χ4v) is 2.44. The molecule has 1 N–H and O–H groups in total. The summed E-state index contributed by atoms with van der Waals surface area (Å²) >= 11 is 0. The molecule has 1 aliphatic heterocycles. The van der Waals surface area contributed by atoms with Crippen LogP contribution in [-0.2, 0) is 6.18 Å². The van der Waals surface area contributed by atoms with Gasteiger partial charge in [-0.15, -0.1) is 12.4 Å². The molecule has 0 aromatic heterocycles. The van der Waals surface area contributed by atoms with Crippen LogP contribution < -0.4 is 5.32 Å². The third kappa shape index (κ3) is 4.28. The zero-order valence-corrected chi connectivity index (χ0v) is 11.9. The van der Waals surface area contributed by atoms with Crippen LogP contribution in [0.2, 0.25) is 0 Å². The molecular formula is C13H16ClF5N2. The maximum Gasteiger partial charge on any atom is 0.416 e. The number of benzene rings is 1. The molecule has 1 heterocycles. The van der Waals surface area contributed by atoms with Gasteiger partial charge in [0.25, 0.3) is 0 Å². The molecule has 2 nitrogen and oxygen atoms in total. The number of rotatable bonds is 3. The summed E-state index contributed by atoms with van der Waals surface area (Å²) < 4.78 is 65.5. The number of nitrogens with one attached hydrogen (secondary N) is 1. The van der Waals surface area contributed by atoms with Gasteiger partial charge in [0.15, 0.2) is 0 Å². The van der Waals surface area contributed by atoms with E-state index in [1.165, 1.54) is 0 Å². The van der Waals surface area contributed by atoms with Crippen LogP contribution in [0.4, 0.5) is 22.0 Å². The molecule has 0 unspecified atom stereocenters. The van der Waals surface area contributed by atoms with Crippen molar-refractivity contribution in [3.05, 3.63) is 35.1 Å². The Morgan fingerprint density at radius 3 is 2.33 bits per heavy atom. The fourth-order valence-electron chi connectivity index (χ4n) is 2.44. The highest BCUT2D eigenvalue weighted by molar-refractivity contribution is 5.85. The van der Waals surface area contributed by atoms with Crippen molar-refractivity contribution in [3.8, 4) is 0 Å². The summed E-state index contributed by atoms with van der Waals surface area (Å²) in [5.74, 6) is -0.790. The maximum atomic E-state index is 13.3. The largest absolute Gasteiger partial charge is 0.416 e. The van der Waals surface area contributed by atoms with Crippen LogP contribution in [0.1, 0.15) is 17.2 Å². The van der Waals surface area contributed by atoms with E-state index in [-0.39, 0.29) is 18.0 Å². The normalized spacial score (nSPS) is 18.1. The molecule has 1 saturated heterocycles. The summed E-state index contributed by atoms with van der Waals surface area (Å²) in [6.07, 6.45) is -4.62. The number of hydrogen-bond acceptors (Lipinski definition) is 2. The lowest BCUT2D eigenvalue weighted by Gasteiger charge is -2.34. The smallest absolute Gasteiger partial charge is 0.314 e. The zero-order valence-electron chi connectivity index (χ0n) is 11.1. The summed E-state index contributed by atoms with van der Waals surface area (Å²) in [5.41, 5.74) is -1.30. The van der Waals surface area contributed by atoms with E-state index in [0.717, 1.165) is 12.1 Å². The van der Waals surface area contributed by atoms with Gasteiger partial charge in [-0.25, -0.2) is 8.78 Å². The van der Waals surface area contributed by atoms with Gasteiger partial charge in [-0.1, -0.05) is 0 Å². The van der Waals surface area contributed by atoms with E-state index in [1.807, 2.05) is 0 Å². The first-order chi connectivity index (χ1) is 9.43. The maximum absolute atomic E-state index is 13.3. The van der Waals surface area contributed by atoms with Crippen molar-refractivity contribution in [3.63, 3.8) is 0 Å². The van der Waals surface area contributed by atoms with Crippen LogP contribution in [0.5, 0.6) is 0 Å². The molecular weight excluding hydrogens is 315 g/mol. The second-order valence-electron chi connectivity index (χ2n) is 4.69. The molecule has 120 valence electrons. The Hall–Kier alpha value is -0.920. The van der Waals surface area contributed by atoms with Gasteiger partial charge in [0.1, 0.15) is 12.5 Å². The van der Waals surface area contributed by atoms with Gasteiger partial charge in [-0.05, 0) is 23.8 Å². The highest BCUT2D eigenvalue weighted by Crippen LogP contribution is 2.37. The minimum atomic E-state index is -4.62. The first-order valence-electron chi connectivity index (χ1n) is 6.31. The van der Waals surface area contributed by atoms with Crippen LogP contribution in [-0.4, -0.2) is 37.8 Å². The van der Waals surface area contributed by atoms with Crippen molar-refractivity contribution in [2.24, 2.45) is 0 Å². The monoisotopic (exact) mass is 330 g/mol. The Morgan fingerprint density at radius 2 is 1.81 bits per heavy atom. The lowest BCUT2D eigenvalue weighted by molar-refractivity contribution is -0.138. The van der Waals surface area contributed by atoms with Crippen molar-refractivity contribution in [2.75, 3.05) is 32.9 Å². The Labute approximate surface area is 125 Å². The lowest BCUT2D eigenvalue weighted by Crippen LogP contribution is -2.46. The number of alkyl halides is 4. The molecule has 1 fully saturated rings. The van der Waals surface area contributed by atoms with Gasteiger partial charge in [0.05, 0.1) is 11.6 Å². The van der Waals surface area contributed by atoms with E-state index in [2.05, 4.69) is 5.32 Å². The number of piperazine rings is 1. The fraction of sp³-hybridized carbons (Fsp3) is 0.538. The number of nitrogens with zero attached hydrogens (tertiary/aromatic N) is 1. The first-order valence-corrected chi connectivity index (χ1v) is 6.31. The number of hydrogen-bond donors (Lipinski definition) is 1. The van der Waals surface area contributed by atoms with Crippen molar-refractivity contribution in [2.45, 2.75) is 12.2 Å². The lowest BCUT2D eigenvalue weighted by atomic mass is 9.98. The van der Waals surface area contributed by atoms with Crippen LogP contribution >= 0.6 is 12.4 Å². The highest BCUT2D eigenvalue weighted by Gasteiger charge is 2.37. The molecule has 1 aromatic carbocycles. The second kappa shape index (κ2) is 7.38. The van der Waals surface area contributed by atoms with Crippen LogP contribution in [0.3, 0.4) is 0 Å². The van der Waals surface area contributed by atoms with E-state index < -0.39 is 30.3 Å². The van der Waals surface area contributed by atoms with Crippen molar-refractivity contribution < 1.29 is 22.0 Å². The predicted molar refractivity (Wildman–Crippen MR) is 71.8 cm³/mol. The van der Waals surface area contributed by atoms with E-state index in [1.54, 1.807) is 4.90 Å². The zero-order chi connectivity index (χ0) is 14.8. The molecule has 0 radical (unpaired) electrons. The Balaban J connectivity index is 0.00000220. The second-order valence-corrected chi connectivity index (χ2v) is 4.69. The third-order valence-electron chi connectivity index (χ3n) is 3.42. The molecule has 1 aliphatic rings. The molecule has 21 heavy (non-hydrogen) atoms. The topological polar surface area (TPSA) is 15.3 Å². The summed E-state index contributed by atoms with van der Waals surface area (Å²) in [7, 11) is 0. The van der Waals surface area contributed by atoms with Crippen LogP contribution in [0.25, 0.3) is 0 Å². The van der Waals surface area contributed by atoms with Crippen molar-refractivity contribution in [1.82, 2.24) is 10.2 Å². The molecule has 2 rings (SSSR count). The summed E-state index contributed by atoms with van der Waals surface area (Å²) in [6, 6.07) is 1.15.